The quantitative estimate of drug-likeness (QED) is 0.235. The van der Waals surface area contributed by atoms with Crippen LogP contribution < -0.4 is 0 Å². The number of nitrogens with zero attached hydrogens (tertiary/aromatic N) is 6. The van der Waals surface area contributed by atoms with Gasteiger partial charge >= 0.3 is 0 Å². The minimum atomic E-state index is -0.161. The molecular weight excluding hydrogens is 280 g/mol. The summed E-state index contributed by atoms with van der Waals surface area (Å²) in [4.78, 5) is 17.4. The fourth-order valence-electron chi connectivity index (χ4n) is 1.72. The van der Waals surface area contributed by atoms with E-state index in [0.29, 0.717) is 16.9 Å². The first kappa shape index (κ1) is 14.9. The molecule has 0 radical (unpaired) electrons. The van der Waals surface area contributed by atoms with E-state index in [9.17, 15) is 4.79 Å². The minimum Gasteiger partial charge on any atom is -0.289 e. The summed E-state index contributed by atoms with van der Waals surface area (Å²) < 4.78 is 0. The molecule has 22 heavy (non-hydrogen) atoms. The van der Waals surface area contributed by atoms with Gasteiger partial charge in [0, 0.05) is 26.8 Å². The monoisotopic (exact) mass is 290 g/mol. The van der Waals surface area contributed by atoms with Crippen LogP contribution in [0, 0.1) is 0 Å². The van der Waals surface area contributed by atoms with E-state index < -0.39 is 0 Å². The van der Waals surface area contributed by atoms with Crippen molar-refractivity contribution in [1.82, 2.24) is 0 Å². The number of benzene rings is 2. The first-order valence-electron chi connectivity index (χ1n) is 6.25. The van der Waals surface area contributed by atoms with Gasteiger partial charge in [0.1, 0.15) is 0 Å². The maximum Gasteiger partial charge on any atom is 0.185 e. The zero-order valence-corrected chi connectivity index (χ0v) is 11.4. The molecule has 106 valence electrons. The third-order valence-electron chi connectivity index (χ3n) is 2.79. The lowest BCUT2D eigenvalue weighted by molar-refractivity contribution is 0.104. The van der Waals surface area contributed by atoms with E-state index in [2.05, 4.69) is 20.1 Å². The molecule has 0 aliphatic carbocycles. The molecule has 0 bridgehead atoms. The van der Waals surface area contributed by atoms with E-state index in [1.165, 1.54) is 6.08 Å². The zero-order valence-electron chi connectivity index (χ0n) is 11.4. The second-order valence-corrected chi connectivity index (χ2v) is 4.21. The summed E-state index contributed by atoms with van der Waals surface area (Å²) in [6.07, 6.45) is 3.12. The van der Waals surface area contributed by atoms with Crippen LogP contribution in [0.15, 0.2) is 64.8 Å². The van der Waals surface area contributed by atoms with Crippen LogP contribution in [0.3, 0.4) is 0 Å². The smallest absolute Gasteiger partial charge is 0.185 e. The number of hydrogen-bond donors (Lipinski definition) is 0. The number of ketones is 1. The molecule has 2 aromatic carbocycles. The molecule has 2 aromatic rings. The number of carbonyl (C=O) groups is 1. The molecule has 0 saturated heterocycles. The topological polar surface area (TPSA) is 115 Å². The summed E-state index contributed by atoms with van der Waals surface area (Å²) in [6, 6.07) is 13.2. The van der Waals surface area contributed by atoms with Gasteiger partial charge in [0.2, 0.25) is 0 Å². The lowest BCUT2D eigenvalue weighted by atomic mass is 10.1. The van der Waals surface area contributed by atoms with Crippen molar-refractivity contribution in [1.29, 1.82) is 0 Å². The van der Waals surface area contributed by atoms with Crippen LogP contribution in [0.1, 0.15) is 15.9 Å². The van der Waals surface area contributed by atoms with Crippen LogP contribution in [0.4, 0.5) is 11.4 Å². The maximum atomic E-state index is 12.0. The van der Waals surface area contributed by atoms with Gasteiger partial charge in [0.05, 0.1) is 0 Å². The number of hydrogen-bond acceptors (Lipinski definition) is 3. The first-order valence-corrected chi connectivity index (χ1v) is 6.25. The van der Waals surface area contributed by atoms with Gasteiger partial charge in [0.15, 0.2) is 5.78 Å². The van der Waals surface area contributed by atoms with E-state index in [1.807, 2.05) is 0 Å². The van der Waals surface area contributed by atoms with E-state index in [1.54, 1.807) is 54.6 Å². The molecule has 0 heterocycles. The van der Waals surface area contributed by atoms with Gasteiger partial charge in [0.25, 0.3) is 0 Å². The van der Waals surface area contributed by atoms with Crippen molar-refractivity contribution in [2.75, 3.05) is 0 Å². The van der Waals surface area contributed by atoms with Crippen molar-refractivity contribution in [2.45, 2.75) is 0 Å². The van der Waals surface area contributed by atoms with Gasteiger partial charge in [-0.2, -0.15) is 0 Å². The van der Waals surface area contributed by atoms with E-state index >= 15 is 0 Å². The Balaban J connectivity index is 2.10. The van der Waals surface area contributed by atoms with Crippen molar-refractivity contribution in [3.8, 4) is 0 Å². The summed E-state index contributed by atoms with van der Waals surface area (Å²) >= 11 is 0. The Morgan fingerprint density at radius 2 is 1.36 bits per heavy atom. The molecule has 0 N–H and O–H groups in total. The van der Waals surface area contributed by atoms with Gasteiger partial charge in [-0.1, -0.05) is 64.8 Å². The second kappa shape index (κ2) is 7.31. The van der Waals surface area contributed by atoms with Gasteiger partial charge in [-0.3, -0.25) is 4.79 Å². The van der Waals surface area contributed by atoms with Crippen molar-refractivity contribution in [3.63, 3.8) is 0 Å². The molecule has 7 nitrogen and oxygen atoms in total. The number of azide groups is 2. The van der Waals surface area contributed by atoms with Crippen LogP contribution in [-0.4, -0.2) is 5.78 Å². The molecule has 7 heteroatoms. The Morgan fingerprint density at radius 1 is 0.864 bits per heavy atom. The van der Waals surface area contributed by atoms with Crippen molar-refractivity contribution < 1.29 is 4.79 Å². The van der Waals surface area contributed by atoms with Crippen LogP contribution >= 0.6 is 0 Å². The Labute approximate surface area is 125 Å². The Morgan fingerprint density at radius 3 is 1.86 bits per heavy atom. The van der Waals surface area contributed by atoms with Crippen molar-refractivity contribution in [2.24, 2.45) is 10.2 Å². The predicted molar refractivity (Wildman–Crippen MR) is 83.9 cm³/mol. The Hall–Kier alpha value is -3.53. The average molecular weight is 290 g/mol. The van der Waals surface area contributed by atoms with E-state index in [-0.39, 0.29) is 5.78 Å². The number of rotatable bonds is 5. The molecule has 0 amide bonds. The minimum absolute atomic E-state index is 0.161. The first-order chi connectivity index (χ1) is 10.7. The van der Waals surface area contributed by atoms with Crippen LogP contribution in [0.5, 0.6) is 0 Å². The van der Waals surface area contributed by atoms with Gasteiger partial charge in [-0.15, -0.1) is 0 Å². The molecule has 0 aromatic heterocycles. The largest absolute Gasteiger partial charge is 0.289 e. The summed E-state index contributed by atoms with van der Waals surface area (Å²) in [7, 11) is 0. The Bertz CT molecular complexity index is 795. The molecule has 0 atom stereocenters. The highest BCUT2D eigenvalue weighted by molar-refractivity contribution is 6.06. The summed E-state index contributed by atoms with van der Waals surface area (Å²) in [6.45, 7) is 0. The molecule has 0 aliphatic rings. The predicted octanol–water partition coefficient (Wildman–Crippen LogP) is 5.47. The fourth-order valence-corrected chi connectivity index (χ4v) is 1.72. The SMILES string of the molecule is [N-]=[N+]=Nc1ccc(C=CC(=O)c2ccc(N=[N+]=[N-])cc2)cc1. The summed E-state index contributed by atoms with van der Waals surface area (Å²) in [5, 5.41) is 6.91. The normalized spacial score (nSPS) is 9.82. The molecular formula is C15H10N6O. The van der Waals surface area contributed by atoms with Gasteiger partial charge in [-0.25, -0.2) is 0 Å². The molecule has 2 rings (SSSR count). The van der Waals surface area contributed by atoms with Crippen molar-refractivity contribution >= 4 is 23.2 Å². The van der Waals surface area contributed by atoms with Crippen molar-refractivity contribution in [3.05, 3.63) is 86.6 Å². The highest BCUT2D eigenvalue weighted by Crippen LogP contribution is 2.16. The molecule has 0 fully saturated rings. The molecule has 0 aliphatic heterocycles. The Kier molecular flexibility index (Phi) is 4.94. The maximum absolute atomic E-state index is 12.0. The molecule has 0 unspecified atom stereocenters. The molecule has 0 saturated carbocycles. The molecule has 0 spiro atoms. The van der Waals surface area contributed by atoms with E-state index in [4.69, 9.17) is 11.1 Å². The van der Waals surface area contributed by atoms with E-state index in [0.717, 1.165) is 5.56 Å². The summed E-state index contributed by atoms with van der Waals surface area (Å²) in [5.74, 6) is -0.161. The van der Waals surface area contributed by atoms with Crippen LogP contribution in [0.2, 0.25) is 0 Å². The van der Waals surface area contributed by atoms with Gasteiger partial charge < -0.3 is 0 Å². The van der Waals surface area contributed by atoms with Gasteiger partial charge in [-0.05, 0) is 22.7 Å². The fraction of sp³-hybridized carbons (Fsp3) is 0. The zero-order chi connectivity index (χ0) is 15.8. The number of allylic oxidation sites excluding steroid dienone is 1. The lowest BCUT2D eigenvalue weighted by Gasteiger charge is -1.97. The van der Waals surface area contributed by atoms with Crippen LogP contribution in [-0.2, 0) is 0 Å². The highest BCUT2D eigenvalue weighted by Gasteiger charge is 2.01. The number of carbonyl (C=O) groups excluding carboxylic acids is 1. The van der Waals surface area contributed by atoms with Crippen LogP contribution in [0.25, 0.3) is 27.0 Å². The highest BCUT2D eigenvalue weighted by atomic mass is 16.1. The average Bonchev–Trinajstić information content (AvgIpc) is 2.55. The lowest BCUT2D eigenvalue weighted by Crippen LogP contribution is -1.92. The third-order valence-corrected chi connectivity index (χ3v) is 2.79. The third kappa shape index (κ3) is 3.98. The standard InChI is InChI=1S/C15H10N6O/c16-20-18-13-6-1-11(2-7-13)3-10-15(22)12-4-8-14(9-5-12)19-21-17/h1-10H. The second-order valence-electron chi connectivity index (χ2n) is 4.21. The summed E-state index contributed by atoms with van der Waals surface area (Å²) in [5.41, 5.74) is 18.9.